The highest BCUT2D eigenvalue weighted by Gasteiger charge is 2.42. The summed E-state index contributed by atoms with van der Waals surface area (Å²) in [5.41, 5.74) is 5.75. The predicted octanol–water partition coefficient (Wildman–Crippen LogP) is 5.21. The zero-order valence-electron chi connectivity index (χ0n) is 17.6. The highest BCUT2D eigenvalue weighted by atomic mass is 32.2. The van der Waals surface area contributed by atoms with Crippen LogP contribution in [-0.4, -0.2) is 35.9 Å². The molecule has 2 aromatic carbocycles. The number of aliphatic imine (C=N–C) groups is 1. The maximum atomic E-state index is 12.8. The van der Waals surface area contributed by atoms with Gasteiger partial charge in [0, 0.05) is 0 Å². The van der Waals surface area contributed by atoms with E-state index >= 15 is 0 Å². The number of carbonyl (C=O) groups excluding carboxylic acids is 1. The molecular weight excluding hydrogens is 408 g/mol. The van der Waals surface area contributed by atoms with Crippen molar-refractivity contribution in [1.29, 1.82) is 0 Å². The fourth-order valence-corrected chi connectivity index (χ4v) is 5.36. The molecule has 1 aliphatic carbocycles. The van der Waals surface area contributed by atoms with Gasteiger partial charge < -0.3 is 9.47 Å². The summed E-state index contributed by atoms with van der Waals surface area (Å²) in [6.07, 6.45) is 5.19. The van der Waals surface area contributed by atoms with Crippen molar-refractivity contribution in [3.63, 3.8) is 0 Å². The number of ether oxygens (including phenoxy) is 2. The van der Waals surface area contributed by atoms with E-state index in [1.54, 1.807) is 14.2 Å². The van der Waals surface area contributed by atoms with Gasteiger partial charge in [0.15, 0.2) is 5.17 Å². The molecule has 0 aromatic heterocycles. The summed E-state index contributed by atoms with van der Waals surface area (Å²) in [7, 11) is 3.34. The number of benzene rings is 2. The van der Waals surface area contributed by atoms with E-state index in [1.807, 2.05) is 29.2 Å². The molecule has 3 aliphatic rings. The molecule has 31 heavy (non-hydrogen) atoms. The van der Waals surface area contributed by atoms with Crippen LogP contribution in [0.1, 0.15) is 36.4 Å². The van der Waals surface area contributed by atoms with Crippen LogP contribution in [0.25, 0.3) is 6.08 Å². The zero-order chi connectivity index (χ0) is 21.4. The van der Waals surface area contributed by atoms with Crippen LogP contribution in [0.5, 0.6) is 11.5 Å². The van der Waals surface area contributed by atoms with Gasteiger partial charge in [-0.3, -0.25) is 9.69 Å². The van der Waals surface area contributed by atoms with Crippen LogP contribution in [0.2, 0.25) is 0 Å². The second-order valence-corrected chi connectivity index (χ2v) is 8.74. The van der Waals surface area contributed by atoms with Crippen molar-refractivity contribution in [2.45, 2.75) is 25.3 Å². The summed E-state index contributed by atoms with van der Waals surface area (Å²) in [5, 5.41) is 0.812. The largest absolute Gasteiger partial charge is 0.497 e. The van der Waals surface area contributed by atoms with Crippen molar-refractivity contribution in [1.82, 2.24) is 4.90 Å². The number of rotatable bonds is 4. The molecule has 2 aromatic rings. The van der Waals surface area contributed by atoms with E-state index in [4.69, 9.17) is 14.5 Å². The third kappa shape index (κ3) is 3.65. The zero-order valence-corrected chi connectivity index (χ0v) is 18.4. The van der Waals surface area contributed by atoms with Gasteiger partial charge >= 0.3 is 0 Å². The summed E-state index contributed by atoms with van der Waals surface area (Å²) in [6, 6.07) is 16.0. The minimum Gasteiger partial charge on any atom is -0.497 e. The molecular formula is C25H24N2O3S. The standard InChI is InChI=1S/C25H24N2O3S/c1-29-19-10-6-16(7-11-19)14-18-4-3-5-21-23(18)26-25-27(22(28)15-31-25)24(21)17-8-12-20(30-2)13-9-17/h6-14,24H,3-5,15H2,1-2H3/b18-14+. The Hall–Kier alpha value is -2.99. The minimum absolute atomic E-state index is 0.101. The summed E-state index contributed by atoms with van der Waals surface area (Å²) in [4.78, 5) is 19.6. The van der Waals surface area contributed by atoms with Gasteiger partial charge in [-0.1, -0.05) is 36.0 Å². The lowest BCUT2D eigenvalue weighted by atomic mass is 9.83. The van der Waals surface area contributed by atoms with Crippen molar-refractivity contribution < 1.29 is 14.3 Å². The van der Waals surface area contributed by atoms with Gasteiger partial charge in [0.05, 0.1) is 31.7 Å². The molecule has 5 rings (SSSR count). The summed E-state index contributed by atoms with van der Waals surface area (Å²) in [5.74, 6) is 2.24. The number of fused-ring (bicyclic) bond motifs is 1. The number of carbonyl (C=O) groups is 1. The Morgan fingerprint density at radius 1 is 1.00 bits per heavy atom. The lowest BCUT2D eigenvalue weighted by Gasteiger charge is -2.37. The molecule has 0 saturated carbocycles. The Labute approximate surface area is 186 Å². The Morgan fingerprint density at radius 3 is 2.35 bits per heavy atom. The van der Waals surface area contributed by atoms with Gasteiger partial charge in [0.2, 0.25) is 5.91 Å². The van der Waals surface area contributed by atoms with E-state index in [0.29, 0.717) is 5.75 Å². The van der Waals surface area contributed by atoms with Gasteiger partial charge in [0.1, 0.15) is 11.5 Å². The smallest absolute Gasteiger partial charge is 0.239 e. The topological polar surface area (TPSA) is 51.1 Å². The molecule has 5 nitrogen and oxygen atoms in total. The van der Waals surface area contributed by atoms with Crippen molar-refractivity contribution in [3.05, 3.63) is 76.5 Å². The van der Waals surface area contributed by atoms with Gasteiger partial charge in [-0.05, 0) is 71.9 Å². The van der Waals surface area contributed by atoms with Crippen molar-refractivity contribution >= 4 is 28.9 Å². The Kier molecular flexibility index (Phi) is 5.32. The summed E-state index contributed by atoms with van der Waals surface area (Å²) < 4.78 is 10.6. The molecule has 1 amide bonds. The molecule has 1 fully saturated rings. The molecule has 6 heteroatoms. The molecule has 0 radical (unpaired) electrons. The number of hydrogen-bond acceptors (Lipinski definition) is 5. The van der Waals surface area contributed by atoms with E-state index in [2.05, 4.69) is 30.3 Å². The molecule has 1 unspecified atom stereocenters. The van der Waals surface area contributed by atoms with Crippen LogP contribution in [0, 0.1) is 0 Å². The van der Waals surface area contributed by atoms with Crippen LogP contribution in [0.4, 0.5) is 0 Å². The van der Waals surface area contributed by atoms with Crippen molar-refractivity contribution in [2.24, 2.45) is 4.99 Å². The Morgan fingerprint density at radius 2 is 1.68 bits per heavy atom. The first-order valence-electron chi connectivity index (χ1n) is 10.4. The highest BCUT2D eigenvalue weighted by Crippen LogP contribution is 2.47. The fraction of sp³-hybridized carbons (Fsp3) is 0.280. The van der Waals surface area contributed by atoms with E-state index in [9.17, 15) is 4.79 Å². The first-order valence-corrected chi connectivity index (χ1v) is 11.4. The average Bonchev–Trinajstić information content (AvgIpc) is 3.19. The third-order valence-corrected chi connectivity index (χ3v) is 6.92. The second-order valence-electron chi connectivity index (χ2n) is 7.79. The first-order chi connectivity index (χ1) is 15.2. The normalized spacial score (nSPS) is 21.7. The summed E-state index contributed by atoms with van der Waals surface area (Å²) in [6.45, 7) is 0. The van der Waals surface area contributed by atoms with Gasteiger partial charge in [0.25, 0.3) is 0 Å². The molecule has 0 N–H and O–H groups in total. The Balaban J connectivity index is 1.60. The fourth-order valence-electron chi connectivity index (χ4n) is 4.46. The SMILES string of the molecule is COc1ccc(/C=C2\CCCC3=C2N=C2SCC(=O)N2C3c2ccc(OC)cc2)cc1. The van der Waals surface area contributed by atoms with Crippen LogP contribution >= 0.6 is 11.8 Å². The number of allylic oxidation sites excluding steroid dienone is 1. The van der Waals surface area contributed by atoms with E-state index in [1.165, 1.54) is 22.9 Å². The highest BCUT2D eigenvalue weighted by molar-refractivity contribution is 8.15. The van der Waals surface area contributed by atoms with Crippen molar-refractivity contribution in [3.8, 4) is 11.5 Å². The summed E-state index contributed by atoms with van der Waals surface area (Å²) >= 11 is 1.53. The van der Waals surface area contributed by atoms with E-state index < -0.39 is 0 Å². The first kappa shape index (κ1) is 19.9. The minimum atomic E-state index is -0.101. The maximum absolute atomic E-state index is 12.8. The number of amides is 1. The van der Waals surface area contributed by atoms with Crippen molar-refractivity contribution in [2.75, 3.05) is 20.0 Å². The number of methoxy groups -OCH3 is 2. The Bertz CT molecular complexity index is 1100. The number of nitrogens with zero attached hydrogens (tertiary/aromatic N) is 2. The third-order valence-electron chi connectivity index (χ3n) is 5.98. The van der Waals surface area contributed by atoms with Crippen LogP contribution < -0.4 is 9.47 Å². The van der Waals surface area contributed by atoms with Crippen LogP contribution in [-0.2, 0) is 4.79 Å². The van der Waals surface area contributed by atoms with Gasteiger partial charge in [-0.25, -0.2) is 4.99 Å². The molecule has 1 atom stereocenters. The van der Waals surface area contributed by atoms with E-state index in [0.717, 1.165) is 52.8 Å². The van der Waals surface area contributed by atoms with Gasteiger partial charge in [-0.2, -0.15) is 0 Å². The molecule has 1 saturated heterocycles. The molecule has 0 spiro atoms. The van der Waals surface area contributed by atoms with Crippen LogP contribution in [0.3, 0.4) is 0 Å². The lowest BCUT2D eigenvalue weighted by molar-refractivity contribution is -0.125. The lowest BCUT2D eigenvalue weighted by Crippen LogP contribution is -2.38. The maximum Gasteiger partial charge on any atom is 0.239 e. The molecule has 2 heterocycles. The monoisotopic (exact) mass is 432 g/mol. The molecule has 158 valence electrons. The number of amidine groups is 1. The average molecular weight is 433 g/mol. The number of thioether (sulfide) groups is 1. The van der Waals surface area contributed by atoms with Gasteiger partial charge in [-0.15, -0.1) is 0 Å². The van der Waals surface area contributed by atoms with E-state index in [-0.39, 0.29) is 11.9 Å². The number of hydrogen-bond donors (Lipinski definition) is 0. The quantitative estimate of drug-likeness (QED) is 0.665. The van der Waals surface area contributed by atoms with Crippen LogP contribution in [0.15, 0.2) is 70.4 Å². The molecule has 0 bridgehead atoms. The second kappa shape index (κ2) is 8.27. The molecule has 2 aliphatic heterocycles. The predicted molar refractivity (Wildman–Crippen MR) is 124 cm³/mol.